The summed E-state index contributed by atoms with van der Waals surface area (Å²) in [5, 5.41) is 3.54. The molecule has 1 N–H and O–H groups in total. The lowest BCUT2D eigenvalue weighted by molar-refractivity contribution is 0.264. The number of aromatic nitrogens is 2. The van der Waals surface area contributed by atoms with E-state index >= 15 is 0 Å². The van der Waals surface area contributed by atoms with Gasteiger partial charge in [-0.15, -0.1) is 0 Å². The molecule has 160 valence electrons. The number of aryl methyl sites for hydroxylation is 1. The van der Waals surface area contributed by atoms with E-state index in [1.54, 1.807) is 12.5 Å². The number of allylic oxidation sites excluding steroid dienone is 1. The number of aliphatic imine (C=N–C) groups is 1. The number of benzene rings is 1. The second-order valence-electron chi connectivity index (χ2n) is 8.08. The van der Waals surface area contributed by atoms with Crippen LogP contribution in [0.15, 0.2) is 78.5 Å². The Morgan fingerprint density at radius 1 is 1.29 bits per heavy atom. The molecule has 6 heteroatoms. The van der Waals surface area contributed by atoms with Gasteiger partial charge in [0.05, 0.1) is 11.4 Å². The molecule has 2 aliphatic rings. The van der Waals surface area contributed by atoms with Crippen LogP contribution in [0.2, 0.25) is 0 Å². The maximum absolute atomic E-state index is 4.94. The van der Waals surface area contributed by atoms with Gasteiger partial charge in [0.15, 0.2) is 0 Å². The zero-order chi connectivity index (χ0) is 21.8. The number of piperidine rings is 1. The monoisotopic (exact) mass is 414 g/mol. The fourth-order valence-corrected chi connectivity index (χ4v) is 4.05. The molecule has 1 saturated heterocycles. The molecule has 1 unspecified atom stereocenters. The van der Waals surface area contributed by atoms with Crippen molar-refractivity contribution in [3.8, 4) is 0 Å². The summed E-state index contributed by atoms with van der Waals surface area (Å²) in [6, 6.07) is 10.4. The molecule has 0 saturated carbocycles. The number of likely N-dealkylation sites (N-methyl/N-ethyl adjacent to an activating group) is 1. The smallest absolute Gasteiger partial charge is 0.206 e. The molecule has 31 heavy (non-hydrogen) atoms. The van der Waals surface area contributed by atoms with E-state index in [0.717, 1.165) is 66.8 Å². The first-order valence-corrected chi connectivity index (χ1v) is 10.8. The lowest BCUT2D eigenvalue weighted by Crippen LogP contribution is -2.48. The molecule has 0 spiro atoms. The average Bonchev–Trinajstić information content (AvgIpc) is 2.81. The van der Waals surface area contributed by atoms with E-state index in [1.807, 2.05) is 24.1 Å². The molecule has 4 rings (SSSR count). The molecule has 0 aliphatic carbocycles. The standard InChI is InChI=1S/C25H30N6/c1-5-20-8-6-10-22(15-20)28-19(3)21-9-7-13-31(16-21)25-29-24(14-18(2)30(25)4)23-11-12-26-17-27-23/h6,8,10-12,14-15,17,21,28H,2-3,5,7,9,13,16H2,1,4H3. The second kappa shape index (κ2) is 9.16. The topological polar surface area (TPSA) is 56.6 Å². The highest BCUT2D eigenvalue weighted by Crippen LogP contribution is 2.29. The molecule has 2 aliphatic heterocycles. The van der Waals surface area contributed by atoms with Gasteiger partial charge >= 0.3 is 0 Å². The summed E-state index contributed by atoms with van der Waals surface area (Å²) in [6.45, 7) is 12.6. The molecule has 1 fully saturated rings. The SMILES string of the molecule is C=C(Nc1cccc(CC)c1)C1CCCN(C2=NC(c3ccncn3)=CC(=C)N2C)C1. The van der Waals surface area contributed by atoms with E-state index in [9.17, 15) is 0 Å². The second-order valence-corrected chi connectivity index (χ2v) is 8.08. The van der Waals surface area contributed by atoms with Crippen molar-refractivity contribution in [2.75, 3.05) is 25.5 Å². The first-order chi connectivity index (χ1) is 15.0. The molecule has 1 aromatic carbocycles. The van der Waals surface area contributed by atoms with Gasteiger partial charge < -0.3 is 15.1 Å². The number of hydrogen-bond donors (Lipinski definition) is 1. The van der Waals surface area contributed by atoms with Gasteiger partial charge in [-0.25, -0.2) is 15.0 Å². The third-order valence-corrected chi connectivity index (χ3v) is 5.94. The Morgan fingerprint density at radius 2 is 2.16 bits per heavy atom. The van der Waals surface area contributed by atoms with Crippen LogP contribution in [0.1, 0.15) is 31.0 Å². The molecule has 0 radical (unpaired) electrons. The summed E-state index contributed by atoms with van der Waals surface area (Å²) in [4.78, 5) is 17.7. The Bertz CT molecular complexity index is 1020. The number of hydrogen-bond acceptors (Lipinski definition) is 6. The Labute approximate surface area is 184 Å². The minimum atomic E-state index is 0.344. The van der Waals surface area contributed by atoms with Gasteiger partial charge in [0.1, 0.15) is 6.33 Å². The van der Waals surface area contributed by atoms with Gasteiger partial charge in [-0.05, 0) is 49.1 Å². The third-order valence-electron chi connectivity index (χ3n) is 5.94. The lowest BCUT2D eigenvalue weighted by Gasteiger charge is -2.40. The van der Waals surface area contributed by atoms with Crippen LogP contribution in [0.5, 0.6) is 0 Å². The summed E-state index contributed by atoms with van der Waals surface area (Å²) in [5.41, 5.74) is 6.00. The lowest BCUT2D eigenvalue weighted by atomic mass is 9.95. The van der Waals surface area contributed by atoms with Crippen molar-refractivity contribution >= 4 is 17.3 Å². The molecular weight excluding hydrogens is 384 g/mol. The number of nitrogens with one attached hydrogen (secondary N) is 1. The number of anilines is 1. The van der Waals surface area contributed by atoms with Crippen molar-refractivity contribution in [2.45, 2.75) is 26.2 Å². The Balaban J connectivity index is 1.50. The van der Waals surface area contributed by atoms with Crippen LogP contribution in [-0.2, 0) is 6.42 Å². The van der Waals surface area contributed by atoms with Gasteiger partial charge in [0, 0.05) is 49.3 Å². The highest BCUT2D eigenvalue weighted by Gasteiger charge is 2.29. The summed E-state index contributed by atoms with van der Waals surface area (Å²) >= 11 is 0. The minimum absolute atomic E-state index is 0.344. The quantitative estimate of drug-likeness (QED) is 0.779. The summed E-state index contributed by atoms with van der Waals surface area (Å²) < 4.78 is 0. The Morgan fingerprint density at radius 3 is 2.94 bits per heavy atom. The van der Waals surface area contributed by atoms with E-state index in [4.69, 9.17) is 4.99 Å². The van der Waals surface area contributed by atoms with Gasteiger partial charge in [-0.2, -0.15) is 0 Å². The largest absolute Gasteiger partial charge is 0.359 e. The van der Waals surface area contributed by atoms with Crippen molar-refractivity contribution in [2.24, 2.45) is 10.9 Å². The summed E-state index contributed by atoms with van der Waals surface area (Å²) in [5.74, 6) is 1.25. The Kier molecular flexibility index (Phi) is 6.16. The predicted octanol–water partition coefficient (Wildman–Crippen LogP) is 4.53. The number of guanidine groups is 1. The number of nitrogens with zero attached hydrogens (tertiary/aromatic N) is 5. The van der Waals surface area contributed by atoms with Crippen LogP contribution in [0, 0.1) is 5.92 Å². The zero-order valence-electron chi connectivity index (χ0n) is 18.4. The van der Waals surface area contributed by atoms with Crippen LogP contribution in [0.3, 0.4) is 0 Å². The van der Waals surface area contributed by atoms with E-state index in [1.165, 1.54) is 5.56 Å². The van der Waals surface area contributed by atoms with Crippen molar-refractivity contribution in [1.29, 1.82) is 0 Å². The van der Waals surface area contributed by atoms with Crippen molar-refractivity contribution in [1.82, 2.24) is 19.8 Å². The fourth-order valence-electron chi connectivity index (χ4n) is 4.05. The van der Waals surface area contributed by atoms with Crippen LogP contribution in [0.4, 0.5) is 5.69 Å². The van der Waals surface area contributed by atoms with E-state index in [0.29, 0.717) is 5.92 Å². The van der Waals surface area contributed by atoms with Crippen molar-refractivity contribution < 1.29 is 0 Å². The highest BCUT2D eigenvalue weighted by molar-refractivity contribution is 5.90. The first kappa shape index (κ1) is 20.8. The maximum atomic E-state index is 4.94. The van der Waals surface area contributed by atoms with Gasteiger partial charge in [-0.1, -0.05) is 32.2 Å². The van der Waals surface area contributed by atoms with Crippen LogP contribution in [-0.4, -0.2) is 45.9 Å². The highest BCUT2D eigenvalue weighted by atomic mass is 15.4. The van der Waals surface area contributed by atoms with E-state index in [-0.39, 0.29) is 0 Å². The Hall–Kier alpha value is -3.41. The maximum Gasteiger partial charge on any atom is 0.206 e. The van der Waals surface area contributed by atoms with Gasteiger partial charge in [-0.3, -0.25) is 0 Å². The van der Waals surface area contributed by atoms with E-state index in [2.05, 4.69) is 64.5 Å². The molecule has 0 amide bonds. The van der Waals surface area contributed by atoms with E-state index < -0.39 is 0 Å². The average molecular weight is 415 g/mol. The predicted molar refractivity (Wildman–Crippen MR) is 127 cm³/mol. The van der Waals surface area contributed by atoms with Gasteiger partial charge in [0.2, 0.25) is 5.96 Å². The van der Waals surface area contributed by atoms with Crippen LogP contribution < -0.4 is 5.32 Å². The van der Waals surface area contributed by atoms with Crippen LogP contribution in [0.25, 0.3) is 5.70 Å². The molecule has 1 aromatic heterocycles. The van der Waals surface area contributed by atoms with Crippen molar-refractivity contribution in [3.05, 3.63) is 84.7 Å². The fraction of sp³-hybridized carbons (Fsp3) is 0.320. The summed E-state index contributed by atoms with van der Waals surface area (Å²) in [7, 11) is 2.02. The zero-order valence-corrected chi connectivity index (χ0v) is 18.4. The third kappa shape index (κ3) is 4.68. The first-order valence-electron chi connectivity index (χ1n) is 10.8. The molecule has 1 atom stereocenters. The molecule has 0 bridgehead atoms. The molecule has 2 aromatic rings. The normalized spacial score (nSPS) is 19.0. The molecular formula is C25H30N6. The van der Waals surface area contributed by atoms with Gasteiger partial charge in [0.25, 0.3) is 0 Å². The van der Waals surface area contributed by atoms with Crippen LogP contribution >= 0.6 is 0 Å². The minimum Gasteiger partial charge on any atom is -0.359 e. The summed E-state index contributed by atoms with van der Waals surface area (Å²) in [6.07, 6.45) is 8.48. The number of rotatable bonds is 5. The van der Waals surface area contributed by atoms with Crippen molar-refractivity contribution in [3.63, 3.8) is 0 Å². The molecule has 6 nitrogen and oxygen atoms in total. The molecule has 3 heterocycles. The number of likely N-dealkylation sites (tertiary alicyclic amines) is 1.